The van der Waals surface area contributed by atoms with Crippen molar-refractivity contribution in [2.24, 2.45) is 0 Å². The van der Waals surface area contributed by atoms with Gasteiger partial charge in [-0.1, -0.05) is 57.0 Å². The van der Waals surface area contributed by atoms with E-state index in [-0.39, 0.29) is 49.4 Å². The number of aliphatic hydroxyl groups is 1. The van der Waals surface area contributed by atoms with E-state index in [9.17, 15) is 24.0 Å². The lowest BCUT2D eigenvalue weighted by atomic mass is 10.1. The Morgan fingerprint density at radius 1 is 0.955 bits per heavy atom. The average Bonchev–Trinajstić information content (AvgIpc) is 3.34. The van der Waals surface area contributed by atoms with Crippen molar-refractivity contribution >= 4 is 29.6 Å². The molecule has 2 rings (SSSR count). The number of nitrogens with one attached hydrogen (secondary N) is 3. The number of aliphatic hydroxyl groups excluding tert-OH is 1. The van der Waals surface area contributed by atoms with Gasteiger partial charge in [0.05, 0.1) is 32.4 Å². The van der Waals surface area contributed by atoms with E-state index in [2.05, 4.69) is 26.4 Å². The largest absolute Gasteiger partial charge is 0.464 e. The van der Waals surface area contributed by atoms with Crippen LogP contribution in [0.3, 0.4) is 0 Å². The van der Waals surface area contributed by atoms with E-state index in [0.717, 1.165) is 37.8 Å². The third-order valence-corrected chi connectivity index (χ3v) is 6.07. The molecule has 0 bridgehead atoms. The summed E-state index contributed by atoms with van der Waals surface area (Å²) in [6.45, 7) is 8.45. The number of amides is 1. The van der Waals surface area contributed by atoms with E-state index in [0.29, 0.717) is 13.0 Å². The topological polar surface area (TPSA) is 197 Å². The summed E-state index contributed by atoms with van der Waals surface area (Å²) in [5, 5.41) is 16.2. The van der Waals surface area contributed by atoms with Crippen LogP contribution in [0.15, 0.2) is 30.3 Å². The Balaban J connectivity index is 0. The molecule has 0 spiro atoms. The molecule has 1 amide bonds. The Hall–Kier alpha value is -3.23. The summed E-state index contributed by atoms with van der Waals surface area (Å²) in [6, 6.07) is 8.13. The number of benzene rings is 1. The highest BCUT2D eigenvalue weighted by molar-refractivity contribution is 5.95. The van der Waals surface area contributed by atoms with Gasteiger partial charge in [0.15, 0.2) is 6.04 Å². The number of quaternary nitrogens is 1. The normalized spacial score (nSPS) is 14.6. The molecular formula is C31H55N4O9+. The number of esters is 2. The Morgan fingerprint density at radius 2 is 1.52 bits per heavy atom. The molecule has 13 nitrogen and oxygen atoms in total. The molecule has 1 aliphatic rings. The second-order valence-corrected chi connectivity index (χ2v) is 9.55. The van der Waals surface area contributed by atoms with Gasteiger partial charge in [-0.15, -0.1) is 0 Å². The van der Waals surface area contributed by atoms with Crippen molar-refractivity contribution in [3.8, 4) is 0 Å². The number of unbranched alkanes of at least 4 members (excludes halogenated alkanes) is 4. The van der Waals surface area contributed by atoms with Crippen LogP contribution in [0.25, 0.3) is 0 Å². The van der Waals surface area contributed by atoms with Crippen molar-refractivity contribution < 1.29 is 49.0 Å². The average molecular weight is 628 g/mol. The van der Waals surface area contributed by atoms with E-state index in [4.69, 9.17) is 14.6 Å². The Morgan fingerprint density at radius 3 is 1.98 bits per heavy atom. The first kappa shape index (κ1) is 42.9. The van der Waals surface area contributed by atoms with Crippen molar-refractivity contribution in [3.05, 3.63) is 35.9 Å². The van der Waals surface area contributed by atoms with Crippen molar-refractivity contribution in [3.63, 3.8) is 0 Å². The fraction of sp³-hybridized carbons (Fsp3) is 0.645. The molecule has 44 heavy (non-hydrogen) atoms. The van der Waals surface area contributed by atoms with Crippen molar-refractivity contribution in [2.45, 2.75) is 91.0 Å². The van der Waals surface area contributed by atoms with E-state index in [1.165, 1.54) is 20.3 Å². The number of ether oxygens (including phenoxy) is 3. The van der Waals surface area contributed by atoms with Crippen LogP contribution in [0.2, 0.25) is 0 Å². The van der Waals surface area contributed by atoms with Crippen LogP contribution in [0, 0.1) is 0 Å². The van der Waals surface area contributed by atoms with Crippen LogP contribution < -0.4 is 21.7 Å². The SMILES string of the molecule is CC.CN[C@@H](CO)C(C)=O.CN[C@@H](COC(=O)CCCCCCC[NH3+])C(C)=O.O=C1N[C@@H](COCc2ccccc2)C(=O)O1. The van der Waals surface area contributed by atoms with Gasteiger partial charge >= 0.3 is 18.0 Å². The molecular weight excluding hydrogens is 572 g/mol. The third-order valence-electron chi connectivity index (χ3n) is 6.07. The monoisotopic (exact) mass is 627 g/mol. The number of likely N-dealkylation sites (N-methyl/N-ethyl adjacent to an activating group) is 2. The minimum atomic E-state index is -0.710. The number of hydrogen-bond donors (Lipinski definition) is 5. The van der Waals surface area contributed by atoms with Gasteiger partial charge in [0.25, 0.3) is 0 Å². The summed E-state index contributed by atoms with van der Waals surface area (Å²) in [5.74, 6) is -0.847. The van der Waals surface area contributed by atoms with Crippen molar-refractivity contribution in [1.29, 1.82) is 0 Å². The first-order chi connectivity index (χ1) is 21.1. The Kier molecular flexibility index (Phi) is 27.8. The van der Waals surface area contributed by atoms with E-state index in [1.807, 2.05) is 44.2 Å². The number of carbonyl (C=O) groups is 5. The van der Waals surface area contributed by atoms with Crippen LogP contribution in [0.4, 0.5) is 4.79 Å². The molecule has 1 aromatic carbocycles. The summed E-state index contributed by atoms with van der Waals surface area (Å²) in [5.41, 5.74) is 4.80. The summed E-state index contributed by atoms with van der Waals surface area (Å²) in [4.78, 5) is 54.6. The number of Topliss-reactive ketones (excluding diaryl/α,β-unsaturated/α-hetero) is 2. The van der Waals surface area contributed by atoms with Crippen LogP contribution in [-0.4, -0.2) is 93.3 Å². The highest BCUT2D eigenvalue weighted by Crippen LogP contribution is 2.06. The van der Waals surface area contributed by atoms with Gasteiger partial charge in [0.2, 0.25) is 0 Å². The molecule has 1 fully saturated rings. The van der Waals surface area contributed by atoms with Crippen LogP contribution in [0.1, 0.15) is 71.8 Å². The highest BCUT2D eigenvalue weighted by atomic mass is 16.6. The summed E-state index contributed by atoms with van der Waals surface area (Å²) >= 11 is 0. The molecule has 7 N–H and O–H groups in total. The number of cyclic esters (lactones) is 2. The smallest absolute Gasteiger partial charge is 0.415 e. The summed E-state index contributed by atoms with van der Waals surface area (Å²) < 4.78 is 14.7. The molecule has 1 aromatic rings. The number of ketones is 2. The molecule has 1 heterocycles. The molecule has 0 saturated carbocycles. The van der Waals surface area contributed by atoms with Crippen molar-refractivity contribution in [1.82, 2.24) is 16.0 Å². The van der Waals surface area contributed by atoms with Crippen LogP contribution in [-0.2, 0) is 40.0 Å². The van der Waals surface area contributed by atoms with Crippen molar-refractivity contribution in [2.75, 3.05) is 40.5 Å². The first-order valence-electron chi connectivity index (χ1n) is 15.1. The second kappa shape index (κ2) is 28.5. The molecule has 252 valence electrons. The van der Waals surface area contributed by atoms with Crippen LogP contribution >= 0.6 is 0 Å². The van der Waals surface area contributed by atoms with E-state index < -0.39 is 18.1 Å². The molecule has 0 unspecified atom stereocenters. The zero-order valence-corrected chi connectivity index (χ0v) is 27.3. The molecule has 1 aliphatic heterocycles. The summed E-state index contributed by atoms with van der Waals surface area (Å²) in [7, 11) is 3.32. The zero-order valence-electron chi connectivity index (χ0n) is 27.3. The van der Waals surface area contributed by atoms with Gasteiger partial charge < -0.3 is 41.0 Å². The van der Waals surface area contributed by atoms with Gasteiger partial charge in [-0.3, -0.25) is 14.4 Å². The molecule has 3 atom stereocenters. The van der Waals surface area contributed by atoms with Crippen LogP contribution in [0.5, 0.6) is 0 Å². The van der Waals surface area contributed by atoms with Gasteiger partial charge in [-0.25, -0.2) is 9.59 Å². The summed E-state index contributed by atoms with van der Waals surface area (Å²) in [6.07, 6.45) is 5.14. The standard InChI is InChI=1S/C13H26N2O3.C11H11NO4.C5H11NO2.C2H6/c1-11(16)12(15-2)10-18-13(17)8-6-4-3-5-7-9-14;13-10-9(12-11(14)16-10)7-15-6-8-4-2-1-3-5-8;1-4(8)5(3-7)6-2;1-2/h12,15H,3-10,14H2,1-2H3;1-5,9H,6-7H2,(H,12,14);5-7H,3H2,1-2H3;1-2H3/p+1/t12-;9-;5-;/m000./s1. The van der Waals surface area contributed by atoms with Gasteiger partial charge in [0, 0.05) is 6.42 Å². The number of rotatable bonds is 18. The van der Waals surface area contributed by atoms with Gasteiger partial charge in [0.1, 0.15) is 24.2 Å². The maximum absolute atomic E-state index is 11.4. The lowest BCUT2D eigenvalue weighted by Crippen LogP contribution is -2.50. The highest BCUT2D eigenvalue weighted by Gasteiger charge is 2.32. The first-order valence-corrected chi connectivity index (χ1v) is 15.1. The van der Waals surface area contributed by atoms with E-state index >= 15 is 0 Å². The number of hydrogen-bond acceptors (Lipinski definition) is 11. The predicted octanol–water partition coefficient (Wildman–Crippen LogP) is 1.31. The number of alkyl carbamates (subject to hydrolysis) is 1. The molecule has 1 saturated heterocycles. The Labute approximate surface area is 261 Å². The molecule has 13 heteroatoms. The zero-order chi connectivity index (χ0) is 33.8. The minimum Gasteiger partial charge on any atom is -0.464 e. The third kappa shape index (κ3) is 22.3. The fourth-order valence-electron chi connectivity index (χ4n) is 3.42. The lowest BCUT2D eigenvalue weighted by Gasteiger charge is -2.12. The van der Waals surface area contributed by atoms with Gasteiger partial charge in [-0.05, 0) is 52.8 Å². The molecule has 0 aromatic heterocycles. The Bertz CT molecular complexity index is 928. The maximum atomic E-state index is 11.4. The quantitative estimate of drug-likeness (QED) is 0.0894. The van der Waals surface area contributed by atoms with E-state index in [1.54, 1.807) is 14.1 Å². The molecule has 0 aliphatic carbocycles. The second-order valence-electron chi connectivity index (χ2n) is 9.55. The molecule has 0 radical (unpaired) electrons. The van der Waals surface area contributed by atoms with Gasteiger partial charge in [-0.2, -0.15) is 0 Å². The number of carbonyl (C=O) groups excluding carboxylic acids is 5. The minimum absolute atomic E-state index is 0.0153. The lowest BCUT2D eigenvalue weighted by molar-refractivity contribution is -0.368. The maximum Gasteiger partial charge on any atom is 0.415 e. The fourth-order valence-corrected chi connectivity index (χ4v) is 3.42. The predicted molar refractivity (Wildman–Crippen MR) is 166 cm³/mol.